The molecule has 0 radical (unpaired) electrons. The number of ether oxygens (including phenoxy) is 1. The second-order valence-corrected chi connectivity index (χ2v) is 5.45. The summed E-state index contributed by atoms with van der Waals surface area (Å²) < 4.78 is 11.1. The van der Waals surface area contributed by atoms with Crippen molar-refractivity contribution in [2.45, 2.75) is 0 Å². The molecule has 0 amide bonds. The molecule has 0 unspecified atom stereocenters. The molecule has 6 heteroatoms. The zero-order valence-electron chi connectivity index (χ0n) is 11.3. The number of hydrogen-bond acceptors (Lipinski definition) is 4. The third-order valence-corrected chi connectivity index (χ3v) is 3.92. The van der Waals surface area contributed by atoms with Gasteiger partial charge in [0.05, 0.1) is 35.2 Å². The molecular formula is C15H14Cl2N2O2. The Morgan fingerprint density at radius 2 is 1.86 bits per heavy atom. The van der Waals surface area contributed by atoms with Crippen molar-refractivity contribution in [3.8, 4) is 0 Å². The highest BCUT2D eigenvalue weighted by atomic mass is 35.5. The van der Waals surface area contributed by atoms with Crippen molar-refractivity contribution in [3.63, 3.8) is 0 Å². The number of aliphatic imine (C=N–C) groups is 1. The van der Waals surface area contributed by atoms with Crippen LogP contribution in [0.25, 0.3) is 0 Å². The molecule has 110 valence electrons. The van der Waals surface area contributed by atoms with Crippen LogP contribution in [0.3, 0.4) is 0 Å². The van der Waals surface area contributed by atoms with E-state index in [0.717, 1.165) is 37.9 Å². The highest BCUT2D eigenvalue weighted by molar-refractivity contribution is 6.42. The van der Waals surface area contributed by atoms with Gasteiger partial charge in [-0.15, -0.1) is 0 Å². The molecule has 21 heavy (non-hydrogen) atoms. The van der Waals surface area contributed by atoms with Crippen LogP contribution in [0.4, 0.5) is 11.6 Å². The van der Waals surface area contributed by atoms with Gasteiger partial charge in [-0.25, -0.2) is 0 Å². The fourth-order valence-corrected chi connectivity index (χ4v) is 2.36. The summed E-state index contributed by atoms with van der Waals surface area (Å²) in [5.41, 5.74) is 0.730. The Balaban J connectivity index is 1.71. The number of halogens is 2. The van der Waals surface area contributed by atoms with E-state index < -0.39 is 0 Å². The van der Waals surface area contributed by atoms with E-state index in [4.69, 9.17) is 32.4 Å². The summed E-state index contributed by atoms with van der Waals surface area (Å²) in [5, 5.41) is 1.00. The van der Waals surface area contributed by atoms with E-state index in [-0.39, 0.29) is 0 Å². The summed E-state index contributed by atoms with van der Waals surface area (Å²) in [4.78, 5) is 6.48. The summed E-state index contributed by atoms with van der Waals surface area (Å²) in [7, 11) is 0. The molecule has 0 aliphatic carbocycles. The molecule has 1 aromatic heterocycles. The second kappa shape index (κ2) is 6.52. The van der Waals surface area contributed by atoms with Crippen molar-refractivity contribution in [1.82, 2.24) is 0 Å². The van der Waals surface area contributed by atoms with E-state index in [1.54, 1.807) is 24.4 Å². The molecule has 0 N–H and O–H groups in total. The van der Waals surface area contributed by atoms with Gasteiger partial charge in [0.1, 0.15) is 5.76 Å². The van der Waals surface area contributed by atoms with Crippen molar-refractivity contribution >= 4 is 41.0 Å². The van der Waals surface area contributed by atoms with Crippen LogP contribution in [0, 0.1) is 0 Å². The van der Waals surface area contributed by atoms with E-state index in [2.05, 4.69) is 9.89 Å². The third-order valence-electron chi connectivity index (χ3n) is 3.18. The zero-order chi connectivity index (χ0) is 14.7. The third kappa shape index (κ3) is 3.59. The molecule has 1 aromatic carbocycles. The largest absolute Gasteiger partial charge is 0.440 e. The van der Waals surface area contributed by atoms with E-state index in [1.165, 1.54) is 0 Å². The van der Waals surface area contributed by atoms with Gasteiger partial charge < -0.3 is 14.1 Å². The molecule has 4 nitrogen and oxygen atoms in total. The highest BCUT2D eigenvalue weighted by Gasteiger charge is 2.14. The molecular weight excluding hydrogens is 311 g/mol. The molecule has 3 rings (SSSR count). The predicted molar refractivity (Wildman–Crippen MR) is 85.5 cm³/mol. The summed E-state index contributed by atoms with van der Waals surface area (Å²) in [6, 6.07) is 9.08. The lowest BCUT2D eigenvalue weighted by Gasteiger charge is -2.26. The molecule has 2 heterocycles. The second-order valence-electron chi connectivity index (χ2n) is 4.63. The Morgan fingerprint density at radius 3 is 2.62 bits per heavy atom. The fraction of sp³-hybridized carbons (Fsp3) is 0.267. The van der Waals surface area contributed by atoms with E-state index >= 15 is 0 Å². The molecule has 0 bridgehead atoms. The Bertz CT molecular complexity index is 649. The van der Waals surface area contributed by atoms with Crippen molar-refractivity contribution < 1.29 is 9.15 Å². The number of rotatable bonds is 3. The Labute approximate surface area is 132 Å². The van der Waals surface area contributed by atoms with Crippen LogP contribution in [0.15, 0.2) is 39.7 Å². The topological polar surface area (TPSA) is 38.0 Å². The Kier molecular flexibility index (Phi) is 4.48. The smallest absolute Gasteiger partial charge is 0.196 e. The van der Waals surface area contributed by atoms with Crippen molar-refractivity contribution in [2.24, 2.45) is 4.99 Å². The molecule has 1 fully saturated rings. The van der Waals surface area contributed by atoms with Crippen LogP contribution in [0.1, 0.15) is 5.76 Å². The average Bonchev–Trinajstić information content (AvgIpc) is 2.98. The summed E-state index contributed by atoms with van der Waals surface area (Å²) in [5.74, 6) is 1.54. The van der Waals surface area contributed by atoms with Crippen LogP contribution >= 0.6 is 23.2 Å². The monoisotopic (exact) mass is 324 g/mol. The van der Waals surface area contributed by atoms with E-state index in [1.807, 2.05) is 12.1 Å². The molecule has 0 saturated carbocycles. The van der Waals surface area contributed by atoms with Crippen LogP contribution in [0.5, 0.6) is 0 Å². The molecule has 0 atom stereocenters. The molecule has 2 aromatic rings. The quantitative estimate of drug-likeness (QED) is 0.795. The van der Waals surface area contributed by atoms with Gasteiger partial charge in [0, 0.05) is 19.2 Å². The minimum atomic E-state index is 0.486. The first-order valence-electron chi connectivity index (χ1n) is 6.64. The summed E-state index contributed by atoms with van der Waals surface area (Å²) in [6.45, 7) is 3.15. The zero-order valence-corrected chi connectivity index (χ0v) is 12.8. The van der Waals surface area contributed by atoms with Gasteiger partial charge in [0.15, 0.2) is 5.88 Å². The minimum absolute atomic E-state index is 0.486. The fourth-order valence-electron chi connectivity index (χ4n) is 2.07. The first kappa shape index (κ1) is 14.4. The number of hydrogen-bond donors (Lipinski definition) is 0. The van der Waals surface area contributed by atoms with Gasteiger partial charge in [-0.3, -0.25) is 4.99 Å². The highest BCUT2D eigenvalue weighted by Crippen LogP contribution is 2.26. The average molecular weight is 325 g/mol. The van der Waals surface area contributed by atoms with Gasteiger partial charge in [-0.05, 0) is 24.3 Å². The van der Waals surface area contributed by atoms with Gasteiger partial charge in [0.2, 0.25) is 0 Å². The number of nitrogens with zero attached hydrogens (tertiary/aromatic N) is 2. The summed E-state index contributed by atoms with van der Waals surface area (Å²) >= 11 is 11.8. The van der Waals surface area contributed by atoms with Gasteiger partial charge in [0.25, 0.3) is 0 Å². The number of morpholine rings is 1. The first-order chi connectivity index (χ1) is 10.2. The van der Waals surface area contributed by atoms with Gasteiger partial charge in [-0.1, -0.05) is 23.2 Å². The predicted octanol–water partition coefficient (Wildman–Crippen LogP) is 4.17. The van der Waals surface area contributed by atoms with Crippen LogP contribution in [0.2, 0.25) is 10.0 Å². The van der Waals surface area contributed by atoms with Gasteiger partial charge >= 0.3 is 0 Å². The van der Waals surface area contributed by atoms with Crippen LogP contribution in [-0.2, 0) is 4.74 Å². The normalized spacial score (nSPS) is 15.8. The maximum atomic E-state index is 5.95. The lowest BCUT2D eigenvalue weighted by atomic mass is 10.3. The standard InChI is InChI=1S/C15H14Cl2N2O2/c16-13-3-1-11(9-14(13)17)18-10-12-2-4-15(21-12)19-5-7-20-8-6-19/h1-4,9-10H,5-8H2. The molecule has 1 aliphatic rings. The molecule has 1 aliphatic heterocycles. The molecule has 1 saturated heterocycles. The summed E-state index contributed by atoms with van der Waals surface area (Å²) in [6.07, 6.45) is 1.67. The Morgan fingerprint density at radius 1 is 1.05 bits per heavy atom. The van der Waals surface area contributed by atoms with Crippen molar-refractivity contribution in [3.05, 3.63) is 46.1 Å². The number of benzene rings is 1. The van der Waals surface area contributed by atoms with Crippen molar-refractivity contribution in [2.75, 3.05) is 31.2 Å². The van der Waals surface area contributed by atoms with Crippen LogP contribution in [-0.4, -0.2) is 32.5 Å². The maximum absolute atomic E-state index is 5.95. The Hall–Kier alpha value is -1.49. The maximum Gasteiger partial charge on any atom is 0.196 e. The molecule has 0 spiro atoms. The van der Waals surface area contributed by atoms with Gasteiger partial charge in [-0.2, -0.15) is 0 Å². The SMILES string of the molecule is Clc1ccc(N=Cc2ccc(N3CCOCC3)o2)cc1Cl. The lowest BCUT2D eigenvalue weighted by Crippen LogP contribution is -2.35. The minimum Gasteiger partial charge on any atom is -0.440 e. The van der Waals surface area contributed by atoms with Crippen molar-refractivity contribution in [1.29, 1.82) is 0 Å². The van der Waals surface area contributed by atoms with E-state index in [0.29, 0.717) is 15.8 Å². The van der Waals surface area contributed by atoms with E-state index in [9.17, 15) is 0 Å². The number of furan rings is 1. The number of anilines is 1. The lowest BCUT2D eigenvalue weighted by molar-refractivity contribution is 0.120. The first-order valence-corrected chi connectivity index (χ1v) is 7.39. The van der Waals surface area contributed by atoms with Crippen LogP contribution < -0.4 is 4.90 Å².